The Morgan fingerprint density at radius 2 is 1.92 bits per heavy atom. The first kappa shape index (κ1) is 19.4. The molecular formula is C18H27NO6. The molecule has 1 fully saturated rings. The van der Waals surface area contributed by atoms with E-state index in [9.17, 15) is 14.4 Å². The second-order valence-corrected chi connectivity index (χ2v) is 6.67. The van der Waals surface area contributed by atoms with Gasteiger partial charge in [-0.05, 0) is 12.8 Å². The molecule has 2 heterocycles. The monoisotopic (exact) mass is 353 g/mol. The van der Waals surface area contributed by atoms with Crippen LogP contribution in [0, 0.1) is 11.8 Å². The van der Waals surface area contributed by atoms with E-state index in [1.165, 1.54) is 0 Å². The van der Waals surface area contributed by atoms with Gasteiger partial charge in [-0.2, -0.15) is 0 Å². The van der Waals surface area contributed by atoms with Crippen LogP contribution in [0.3, 0.4) is 0 Å². The van der Waals surface area contributed by atoms with Gasteiger partial charge in [0.1, 0.15) is 19.3 Å². The number of methoxy groups -OCH3 is 1. The van der Waals surface area contributed by atoms with E-state index in [1.807, 2.05) is 13.0 Å². The molecule has 1 amide bonds. The summed E-state index contributed by atoms with van der Waals surface area (Å²) in [5.74, 6) is -1.48. The highest BCUT2D eigenvalue weighted by molar-refractivity contribution is 5.86. The number of rotatable bonds is 1. The van der Waals surface area contributed by atoms with E-state index in [-0.39, 0.29) is 43.5 Å². The van der Waals surface area contributed by atoms with Gasteiger partial charge in [0.05, 0.1) is 18.4 Å². The summed E-state index contributed by atoms with van der Waals surface area (Å²) in [7, 11) is 1.55. The SMILES string of the molecule is CO[C@H]1COC(=O)[C@@H]2CCCN2C(=O)[C@@H](C)COC(=O)CC=C[C@@H]1C. The zero-order valence-electron chi connectivity index (χ0n) is 15.1. The van der Waals surface area contributed by atoms with Crippen LogP contribution in [0.1, 0.15) is 33.1 Å². The molecular weight excluding hydrogens is 326 g/mol. The van der Waals surface area contributed by atoms with Crippen LogP contribution in [0.2, 0.25) is 0 Å². The van der Waals surface area contributed by atoms with Crippen LogP contribution < -0.4 is 0 Å². The fourth-order valence-corrected chi connectivity index (χ4v) is 3.10. The van der Waals surface area contributed by atoms with Crippen LogP contribution in [0.4, 0.5) is 0 Å². The lowest BCUT2D eigenvalue weighted by molar-refractivity contribution is -0.159. The van der Waals surface area contributed by atoms with Crippen molar-refractivity contribution in [1.29, 1.82) is 0 Å². The van der Waals surface area contributed by atoms with Crippen LogP contribution in [0.5, 0.6) is 0 Å². The van der Waals surface area contributed by atoms with Crippen LogP contribution >= 0.6 is 0 Å². The van der Waals surface area contributed by atoms with Crippen LogP contribution in [0.15, 0.2) is 12.2 Å². The fourth-order valence-electron chi connectivity index (χ4n) is 3.10. The van der Waals surface area contributed by atoms with Crippen molar-refractivity contribution in [2.75, 3.05) is 26.9 Å². The van der Waals surface area contributed by atoms with E-state index in [4.69, 9.17) is 14.2 Å². The van der Waals surface area contributed by atoms with Crippen molar-refractivity contribution in [3.63, 3.8) is 0 Å². The molecule has 25 heavy (non-hydrogen) atoms. The highest BCUT2D eigenvalue weighted by atomic mass is 16.6. The molecule has 0 saturated carbocycles. The predicted molar refractivity (Wildman–Crippen MR) is 89.5 cm³/mol. The predicted octanol–water partition coefficient (Wildman–Crippen LogP) is 1.31. The van der Waals surface area contributed by atoms with Gasteiger partial charge < -0.3 is 19.1 Å². The number of cyclic esters (lactones) is 2. The molecule has 0 aliphatic carbocycles. The molecule has 2 rings (SSSR count). The maximum atomic E-state index is 12.6. The summed E-state index contributed by atoms with van der Waals surface area (Å²) in [6.07, 6.45) is 4.72. The van der Waals surface area contributed by atoms with E-state index < -0.39 is 17.9 Å². The minimum Gasteiger partial charge on any atom is -0.465 e. The Morgan fingerprint density at radius 3 is 2.64 bits per heavy atom. The second kappa shape index (κ2) is 8.99. The molecule has 1 saturated heterocycles. The maximum Gasteiger partial charge on any atom is 0.328 e. The number of esters is 2. The molecule has 4 atom stereocenters. The topological polar surface area (TPSA) is 82.1 Å². The molecule has 0 unspecified atom stereocenters. The molecule has 0 radical (unpaired) electrons. The van der Waals surface area contributed by atoms with E-state index >= 15 is 0 Å². The molecule has 0 aromatic rings. The largest absolute Gasteiger partial charge is 0.465 e. The van der Waals surface area contributed by atoms with Crippen molar-refractivity contribution in [1.82, 2.24) is 4.90 Å². The van der Waals surface area contributed by atoms with E-state index in [1.54, 1.807) is 25.0 Å². The molecule has 2 aliphatic rings. The van der Waals surface area contributed by atoms with Gasteiger partial charge in [0.25, 0.3) is 0 Å². The first-order valence-electron chi connectivity index (χ1n) is 8.76. The third kappa shape index (κ3) is 5.04. The van der Waals surface area contributed by atoms with E-state index in [0.717, 1.165) is 6.42 Å². The first-order chi connectivity index (χ1) is 11.9. The molecule has 0 spiro atoms. The number of amides is 1. The Hall–Kier alpha value is -1.89. The quantitative estimate of drug-likeness (QED) is 0.522. The molecule has 0 bridgehead atoms. The fraction of sp³-hybridized carbons (Fsp3) is 0.722. The lowest BCUT2D eigenvalue weighted by atomic mass is 10.0. The summed E-state index contributed by atoms with van der Waals surface area (Å²) in [6.45, 7) is 4.27. The van der Waals surface area contributed by atoms with Gasteiger partial charge in [-0.1, -0.05) is 26.0 Å². The zero-order valence-corrected chi connectivity index (χ0v) is 15.1. The van der Waals surface area contributed by atoms with Gasteiger partial charge in [-0.15, -0.1) is 0 Å². The summed E-state index contributed by atoms with van der Waals surface area (Å²) in [6, 6.07) is -0.570. The van der Waals surface area contributed by atoms with Crippen molar-refractivity contribution in [2.45, 2.75) is 45.3 Å². The Kier molecular flexibility index (Phi) is 6.99. The number of ether oxygens (including phenoxy) is 3. The molecule has 0 aromatic heterocycles. The van der Waals surface area contributed by atoms with Crippen LogP contribution in [-0.2, 0) is 28.6 Å². The number of nitrogens with zero attached hydrogens (tertiary/aromatic N) is 1. The summed E-state index contributed by atoms with van der Waals surface area (Å²) < 4.78 is 16.0. The number of carbonyl (C=O) groups excluding carboxylic acids is 3. The maximum absolute atomic E-state index is 12.6. The Labute approximate surface area is 148 Å². The van der Waals surface area contributed by atoms with E-state index in [2.05, 4.69) is 0 Å². The van der Waals surface area contributed by atoms with E-state index in [0.29, 0.717) is 13.0 Å². The average Bonchev–Trinajstić information content (AvgIpc) is 3.08. The summed E-state index contributed by atoms with van der Waals surface area (Å²) >= 11 is 0. The summed E-state index contributed by atoms with van der Waals surface area (Å²) in [5, 5.41) is 0. The first-order valence-corrected chi connectivity index (χ1v) is 8.76. The number of hydrogen-bond acceptors (Lipinski definition) is 6. The smallest absolute Gasteiger partial charge is 0.328 e. The second-order valence-electron chi connectivity index (χ2n) is 6.67. The highest BCUT2D eigenvalue weighted by Gasteiger charge is 2.37. The van der Waals surface area contributed by atoms with Gasteiger partial charge in [0.15, 0.2) is 0 Å². The average molecular weight is 353 g/mol. The minimum absolute atomic E-state index is 0.0139. The third-order valence-electron chi connectivity index (χ3n) is 4.73. The summed E-state index contributed by atoms with van der Waals surface area (Å²) in [5.41, 5.74) is 0. The number of hydrogen-bond donors (Lipinski definition) is 0. The van der Waals surface area contributed by atoms with Gasteiger partial charge in [0.2, 0.25) is 5.91 Å². The standard InChI is InChI=1S/C18H27NO6/c1-12-6-4-8-16(20)24-10-13(2)17(21)19-9-5-7-14(19)18(22)25-11-15(12)23-3/h4,6,12-15H,5,7-11H2,1-3H3/t12-,13-,14-,15-/m0/s1. The van der Waals surface area contributed by atoms with Crippen LogP contribution in [-0.4, -0.2) is 61.8 Å². The van der Waals surface area contributed by atoms with Gasteiger partial charge in [-0.25, -0.2) is 4.79 Å². The molecule has 7 nitrogen and oxygen atoms in total. The molecule has 0 N–H and O–H groups in total. The van der Waals surface area contributed by atoms with Gasteiger partial charge in [0, 0.05) is 19.6 Å². The zero-order chi connectivity index (χ0) is 18.4. The van der Waals surface area contributed by atoms with Crippen molar-refractivity contribution in [3.8, 4) is 0 Å². The van der Waals surface area contributed by atoms with Crippen molar-refractivity contribution < 1.29 is 28.6 Å². The third-order valence-corrected chi connectivity index (χ3v) is 4.73. The van der Waals surface area contributed by atoms with Gasteiger partial charge >= 0.3 is 11.9 Å². The van der Waals surface area contributed by atoms with Crippen LogP contribution in [0.25, 0.3) is 0 Å². The Balaban J connectivity index is 2.16. The Bertz CT molecular complexity index is 532. The molecule has 7 heteroatoms. The Morgan fingerprint density at radius 1 is 1.16 bits per heavy atom. The van der Waals surface area contributed by atoms with Gasteiger partial charge in [-0.3, -0.25) is 9.59 Å². The van der Waals surface area contributed by atoms with Crippen molar-refractivity contribution in [2.24, 2.45) is 11.8 Å². The number of fused-ring (bicyclic) bond motifs is 1. The number of carbonyl (C=O) groups is 3. The lowest BCUT2D eigenvalue weighted by Gasteiger charge is -2.27. The molecule has 2 aliphatic heterocycles. The normalized spacial score (nSPS) is 32.4. The minimum atomic E-state index is -0.570. The molecule has 0 aromatic carbocycles. The highest BCUT2D eigenvalue weighted by Crippen LogP contribution is 2.22. The molecule has 140 valence electrons. The van der Waals surface area contributed by atoms with Crippen molar-refractivity contribution >= 4 is 17.8 Å². The van der Waals surface area contributed by atoms with Crippen molar-refractivity contribution in [3.05, 3.63) is 12.2 Å². The summed E-state index contributed by atoms with van der Waals surface area (Å²) in [4.78, 5) is 38.4. The lowest BCUT2D eigenvalue weighted by Crippen LogP contribution is -2.45.